The van der Waals surface area contributed by atoms with Crippen LogP contribution in [-0.4, -0.2) is 6.54 Å². The normalized spacial score (nSPS) is 7.50. The summed E-state index contributed by atoms with van der Waals surface area (Å²) < 4.78 is 0. The second-order valence-electron chi connectivity index (χ2n) is 0.697. The minimum Gasteiger partial charge on any atom is -0.357 e. The molecular weight excluding hydrogens is 50.0 g/mol. The van der Waals surface area contributed by atoms with Crippen molar-refractivity contribution in [2.75, 3.05) is 6.54 Å². The van der Waals surface area contributed by atoms with Crippen LogP contribution in [0.5, 0.6) is 0 Å². The Morgan fingerprint density at radius 1 is 2.00 bits per heavy atom. The Bertz CT molecular complexity index is 5.25. The third kappa shape index (κ3) is 1.96. The standard InChI is InChI=1S/C3H8N/c1-2-3-4/h2H,3-4H2,1H3/p+1. The van der Waals surface area contributed by atoms with Crippen molar-refractivity contribution < 1.29 is 5.73 Å². The van der Waals surface area contributed by atoms with E-state index in [1.54, 1.807) is 0 Å². The van der Waals surface area contributed by atoms with Crippen molar-refractivity contribution >= 4 is 0 Å². The number of quaternary nitrogens is 1. The monoisotopic (exact) mass is 59.1 g/mol. The fraction of sp³-hybridized carbons (Fsp3) is 0.667. The van der Waals surface area contributed by atoms with E-state index in [0.29, 0.717) is 0 Å². The molecule has 0 atom stereocenters. The molecule has 1 heteroatoms. The molecule has 0 fully saturated rings. The first-order valence-electron chi connectivity index (χ1n) is 1.49. The van der Waals surface area contributed by atoms with Gasteiger partial charge in [-0.05, 0) is 0 Å². The minimum absolute atomic E-state index is 0.944. The van der Waals surface area contributed by atoms with Crippen LogP contribution >= 0.6 is 0 Å². The zero-order valence-corrected chi connectivity index (χ0v) is 2.99. The van der Waals surface area contributed by atoms with Gasteiger partial charge in [-0.25, -0.2) is 0 Å². The van der Waals surface area contributed by atoms with E-state index in [9.17, 15) is 0 Å². The summed E-state index contributed by atoms with van der Waals surface area (Å²) in [5.41, 5.74) is 3.55. The number of rotatable bonds is 1. The summed E-state index contributed by atoms with van der Waals surface area (Å²) >= 11 is 0. The molecule has 0 aliphatic heterocycles. The third-order valence-electron chi connectivity index (χ3n) is 0.289. The minimum atomic E-state index is 0.944. The van der Waals surface area contributed by atoms with E-state index in [0.717, 1.165) is 6.54 Å². The van der Waals surface area contributed by atoms with E-state index in [-0.39, 0.29) is 0 Å². The fourth-order valence-electron chi connectivity index (χ4n) is 0. The summed E-state index contributed by atoms with van der Waals surface area (Å²) in [5, 5.41) is 0. The Kier molecular flexibility index (Phi) is 2.93. The molecule has 0 aliphatic carbocycles. The lowest BCUT2D eigenvalue weighted by Crippen LogP contribution is -2.49. The maximum Gasteiger partial charge on any atom is 0.0770 e. The first kappa shape index (κ1) is 3.96. The Morgan fingerprint density at radius 3 is 2.25 bits per heavy atom. The summed E-state index contributed by atoms with van der Waals surface area (Å²) in [6, 6.07) is 0. The van der Waals surface area contributed by atoms with Crippen LogP contribution in [0.25, 0.3) is 0 Å². The summed E-state index contributed by atoms with van der Waals surface area (Å²) in [6.45, 7) is 2.94. The van der Waals surface area contributed by atoms with Crippen LogP contribution in [0.2, 0.25) is 0 Å². The highest BCUT2D eigenvalue weighted by Gasteiger charge is 1.60. The Labute approximate surface area is 26.8 Å². The van der Waals surface area contributed by atoms with Crippen LogP contribution in [0.3, 0.4) is 0 Å². The molecule has 0 heterocycles. The van der Waals surface area contributed by atoms with Crippen LogP contribution in [0, 0.1) is 6.42 Å². The van der Waals surface area contributed by atoms with Gasteiger partial charge in [-0.3, -0.25) is 0 Å². The average molecular weight is 59.1 g/mol. The first-order valence-corrected chi connectivity index (χ1v) is 1.49. The average Bonchev–Trinajstić information content (AvgIpc) is 1.37. The van der Waals surface area contributed by atoms with Gasteiger partial charge in [-0.1, -0.05) is 6.92 Å². The quantitative estimate of drug-likeness (QED) is 0.420. The number of hydrogen-bond donors (Lipinski definition) is 1. The molecule has 0 saturated heterocycles. The largest absolute Gasteiger partial charge is 0.357 e. The van der Waals surface area contributed by atoms with Crippen molar-refractivity contribution in [2.45, 2.75) is 6.92 Å². The van der Waals surface area contributed by atoms with E-state index in [2.05, 4.69) is 5.73 Å². The van der Waals surface area contributed by atoms with E-state index in [1.807, 2.05) is 13.3 Å². The highest BCUT2D eigenvalue weighted by Crippen LogP contribution is 1.51. The van der Waals surface area contributed by atoms with Gasteiger partial charge in [0.15, 0.2) is 0 Å². The van der Waals surface area contributed by atoms with Gasteiger partial charge in [0, 0.05) is 6.42 Å². The van der Waals surface area contributed by atoms with Gasteiger partial charge in [-0.15, -0.1) is 0 Å². The molecule has 0 aromatic heterocycles. The van der Waals surface area contributed by atoms with Gasteiger partial charge in [-0.2, -0.15) is 0 Å². The molecule has 25 valence electrons. The van der Waals surface area contributed by atoms with Crippen LogP contribution in [0.15, 0.2) is 0 Å². The lowest BCUT2D eigenvalue weighted by Gasteiger charge is -1.65. The fourth-order valence-corrected chi connectivity index (χ4v) is 0. The van der Waals surface area contributed by atoms with Gasteiger partial charge >= 0.3 is 0 Å². The predicted octanol–water partition coefficient (Wildman–Crippen LogP) is -0.548. The summed E-state index contributed by atoms with van der Waals surface area (Å²) in [5.74, 6) is 0. The molecule has 0 bridgehead atoms. The van der Waals surface area contributed by atoms with Gasteiger partial charge < -0.3 is 5.73 Å². The lowest BCUT2D eigenvalue weighted by atomic mass is 10.5. The molecule has 1 radical (unpaired) electrons. The Balaban J connectivity index is 1.97. The van der Waals surface area contributed by atoms with Gasteiger partial charge in [0.2, 0.25) is 0 Å². The number of hydrogen-bond acceptors (Lipinski definition) is 0. The highest BCUT2D eigenvalue weighted by atomic mass is 14.5. The van der Waals surface area contributed by atoms with Crippen LogP contribution in [0.4, 0.5) is 0 Å². The molecular formula is C3H9N+. The Hall–Kier alpha value is -0.0400. The van der Waals surface area contributed by atoms with Gasteiger partial charge in [0.1, 0.15) is 0 Å². The van der Waals surface area contributed by atoms with Crippen LogP contribution in [-0.2, 0) is 0 Å². The summed E-state index contributed by atoms with van der Waals surface area (Å²) in [6.07, 6.45) is 2.01. The molecule has 0 aromatic rings. The topological polar surface area (TPSA) is 27.6 Å². The molecule has 0 rings (SSSR count). The van der Waals surface area contributed by atoms with Crippen molar-refractivity contribution in [2.24, 2.45) is 0 Å². The molecule has 4 heavy (non-hydrogen) atoms. The zero-order chi connectivity index (χ0) is 3.41. The molecule has 0 aromatic carbocycles. The zero-order valence-electron chi connectivity index (χ0n) is 2.99. The molecule has 3 N–H and O–H groups in total. The molecule has 1 nitrogen and oxygen atoms in total. The van der Waals surface area contributed by atoms with E-state index < -0.39 is 0 Å². The summed E-state index contributed by atoms with van der Waals surface area (Å²) in [4.78, 5) is 0. The molecule has 0 amide bonds. The van der Waals surface area contributed by atoms with Crippen LogP contribution < -0.4 is 5.73 Å². The van der Waals surface area contributed by atoms with Crippen molar-refractivity contribution in [3.05, 3.63) is 6.42 Å². The molecule has 0 aliphatic rings. The van der Waals surface area contributed by atoms with Crippen molar-refractivity contribution in [3.63, 3.8) is 0 Å². The van der Waals surface area contributed by atoms with Crippen LogP contribution in [0.1, 0.15) is 6.92 Å². The summed E-state index contributed by atoms with van der Waals surface area (Å²) in [7, 11) is 0. The predicted molar refractivity (Wildman–Crippen MR) is 17.7 cm³/mol. The Morgan fingerprint density at radius 2 is 2.25 bits per heavy atom. The maximum absolute atomic E-state index is 3.55. The van der Waals surface area contributed by atoms with Crippen molar-refractivity contribution in [1.29, 1.82) is 0 Å². The van der Waals surface area contributed by atoms with E-state index >= 15 is 0 Å². The first-order chi connectivity index (χ1) is 1.91. The second-order valence-corrected chi connectivity index (χ2v) is 0.697. The molecule has 0 spiro atoms. The van der Waals surface area contributed by atoms with Crippen molar-refractivity contribution in [3.8, 4) is 0 Å². The van der Waals surface area contributed by atoms with Crippen molar-refractivity contribution in [1.82, 2.24) is 0 Å². The van der Waals surface area contributed by atoms with E-state index in [4.69, 9.17) is 0 Å². The highest BCUT2D eigenvalue weighted by molar-refractivity contribution is 4.44. The maximum atomic E-state index is 3.55. The molecule has 0 unspecified atom stereocenters. The van der Waals surface area contributed by atoms with Gasteiger partial charge in [0.25, 0.3) is 0 Å². The van der Waals surface area contributed by atoms with E-state index in [1.165, 1.54) is 0 Å². The SMILES string of the molecule is C[CH]C[NH3+]. The third-order valence-corrected chi connectivity index (χ3v) is 0.289. The van der Waals surface area contributed by atoms with Gasteiger partial charge in [0.05, 0.1) is 6.54 Å². The molecule has 0 saturated carbocycles. The smallest absolute Gasteiger partial charge is 0.0770 e. The second kappa shape index (κ2) is 2.96. The lowest BCUT2D eigenvalue weighted by molar-refractivity contribution is -0.357.